The normalized spacial score (nSPS) is 16.6. The SMILES string of the molecule is C[C@H](Sc1ccc(F)cc1)C(=O)N1CCNC1=O. The first-order valence-electron chi connectivity index (χ1n) is 5.59. The van der Waals surface area contributed by atoms with Crippen LogP contribution in [0.2, 0.25) is 0 Å². The molecule has 0 aliphatic carbocycles. The quantitative estimate of drug-likeness (QED) is 0.851. The van der Waals surface area contributed by atoms with Gasteiger partial charge in [-0.2, -0.15) is 0 Å². The molecule has 6 heteroatoms. The molecule has 0 saturated carbocycles. The van der Waals surface area contributed by atoms with Gasteiger partial charge in [0.15, 0.2) is 0 Å². The number of thioether (sulfide) groups is 1. The highest BCUT2D eigenvalue weighted by atomic mass is 32.2. The Kier molecular flexibility index (Phi) is 3.86. The van der Waals surface area contributed by atoms with Gasteiger partial charge in [-0.25, -0.2) is 9.18 Å². The molecule has 1 fully saturated rings. The van der Waals surface area contributed by atoms with Crippen LogP contribution >= 0.6 is 11.8 Å². The monoisotopic (exact) mass is 268 g/mol. The lowest BCUT2D eigenvalue weighted by molar-refractivity contribution is -0.126. The maximum Gasteiger partial charge on any atom is 0.324 e. The number of nitrogens with zero attached hydrogens (tertiary/aromatic N) is 1. The molecule has 1 aliphatic heterocycles. The van der Waals surface area contributed by atoms with E-state index in [2.05, 4.69) is 5.32 Å². The van der Waals surface area contributed by atoms with Gasteiger partial charge >= 0.3 is 6.03 Å². The molecule has 0 radical (unpaired) electrons. The van der Waals surface area contributed by atoms with Crippen LogP contribution < -0.4 is 5.32 Å². The van der Waals surface area contributed by atoms with E-state index in [1.165, 1.54) is 28.8 Å². The van der Waals surface area contributed by atoms with E-state index in [1.54, 1.807) is 19.1 Å². The van der Waals surface area contributed by atoms with E-state index < -0.39 is 0 Å². The minimum atomic E-state index is -0.376. The maximum absolute atomic E-state index is 12.7. The maximum atomic E-state index is 12.7. The summed E-state index contributed by atoms with van der Waals surface area (Å²) in [5, 5.41) is 2.21. The topological polar surface area (TPSA) is 49.4 Å². The van der Waals surface area contributed by atoms with Crippen molar-refractivity contribution in [1.29, 1.82) is 0 Å². The lowest BCUT2D eigenvalue weighted by atomic mass is 10.3. The van der Waals surface area contributed by atoms with Crippen molar-refractivity contribution < 1.29 is 14.0 Å². The molecule has 18 heavy (non-hydrogen) atoms. The Bertz CT molecular complexity index is 464. The molecule has 0 unspecified atom stereocenters. The van der Waals surface area contributed by atoms with Crippen LogP contribution in [0.5, 0.6) is 0 Å². The van der Waals surface area contributed by atoms with Gasteiger partial charge in [-0.05, 0) is 31.2 Å². The van der Waals surface area contributed by atoms with Gasteiger partial charge in [0, 0.05) is 18.0 Å². The van der Waals surface area contributed by atoms with E-state index in [0.29, 0.717) is 13.1 Å². The zero-order valence-corrected chi connectivity index (χ0v) is 10.7. The fraction of sp³-hybridized carbons (Fsp3) is 0.333. The highest BCUT2D eigenvalue weighted by molar-refractivity contribution is 8.00. The van der Waals surface area contributed by atoms with Crippen molar-refractivity contribution in [3.8, 4) is 0 Å². The summed E-state index contributed by atoms with van der Waals surface area (Å²) in [5.41, 5.74) is 0. The number of urea groups is 1. The van der Waals surface area contributed by atoms with E-state index in [4.69, 9.17) is 0 Å². The molecule has 2 rings (SSSR count). The number of imide groups is 1. The van der Waals surface area contributed by atoms with Crippen molar-refractivity contribution in [3.63, 3.8) is 0 Å². The van der Waals surface area contributed by atoms with Crippen LogP contribution in [-0.4, -0.2) is 35.2 Å². The van der Waals surface area contributed by atoms with Crippen LogP contribution in [0.1, 0.15) is 6.92 Å². The van der Waals surface area contributed by atoms with Crippen LogP contribution in [0.4, 0.5) is 9.18 Å². The highest BCUT2D eigenvalue weighted by Gasteiger charge is 2.29. The second kappa shape index (κ2) is 5.39. The van der Waals surface area contributed by atoms with Gasteiger partial charge in [-0.15, -0.1) is 11.8 Å². The Balaban J connectivity index is 1.99. The fourth-order valence-electron chi connectivity index (χ4n) is 1.67. The third-order valence-electron chi connectivity index (χ3n) is 2.60. The number of halogens is 1. The second-order valence-corrected chi connectivity index (χ2v) is 5.35. The first-order valence-corrected chi connectivity index (χ1v) is 6.47. The Labute approximate surface area is 109 Å². The molecule has 1 N–H and O–H groups in total. The molecular formula is C12H13FN2O2S. The molecule has 3 amide bonds. The summed E-state index contributed by atoms with van der Waals surface area (Å²) in [7, 11) is 0. The second-order valence-electron chi connectivity index (χ2n) is 3.94. The molecular weight excluding hydrogens is 255 g/mol. The standard InChI is InChI=1S/C12H13FN2O2S/c1-8(11(16)15-7-6-14-12(15)17)18-10-4-2-9(13)3-5-10/h2-5,8H,6-7H2,1H3,(H,14,17)/t8-/m0/s1. The molecule has 1 heterocycles. The van der Waals surface area contributed by atoms with Gasteiger partial charge in [0.25, 0.3) is 0 Å². The molecule has 0 bridgehead atoms. The molecule has 1 aliphatic rings. The average molecular weight is 268 g/mol. The molecule has 1 saturated heterocycles. The number of benzene rings is 1. The number of amides is 3. The molecule has 1 atom stereocenters. The van der Waals surface area contributed by atoms with Crippen molar-refractivity contribution in [2.45, 2.75) is 17.1 Å². The highest BCUT2D eigenvalue weighted by Crippen LogP contribution is 2.24. The lowest BCUT2D eigenvalue weighted by Gasteiger charge is -2.17. The van der Waals surface area contributed by atoms with Crippen LogP contribution in [0.3, 0.4) is 0 Å². The van der Waals surface area contributed by atoms with Crippen molar-refractivity contribution in [2.75, 3.05) is 13.1 Å². The molecule has 96 valence electrons. The largest absolute Gasteiger partial charge is 0.336 e. The number of rotatable bonds is 3. The summed E-state index contributed by atoms with van der Waals surface area (Å²) in [4.78, 5) is 25.4. The van der Waals surface area contributed by atoms with Gasteiger partial charge in [0.1, 0.15) is 5.82 Å². The van der Waals surface area contributed by atoms with Crippen LogP contribution in [0.25, 0.3) is 0 Å². The number of hydrogen-bond donors (Lipinski definition) is 1. The van der Waals surface area contributed by atoms with Crippen molar-refractivity contribution in [2.24, 2.45) is 0 Å². The van der Waals surface area contributed by atoms with Gasteiger partial charge < -0.3 is 5.32 Å². The van der Waals surface area contributed by atoms with Crippen LogP contribution in [0.15, 0.2) is 29.2 Å². The van der Waals surface area contributed by atoms with Crippen LogP contribution in [-0.2, 0) is 4.79 Å². The fourth-order valence-corrected chi connectivity index (χ4v) is 2.60. The summed E-state index contributed by atoms with van der Waals surface area (Å²) < 4.78 is 12.7. The summed E-state index contributed by atoms with van der Waals surface area (Å²) in [5.74, 6) is -0.531. The zero-order chi connectivity index (χ0) is 13.1. The Morgan fingerprint density at radius 3 is 2.67 bits per heavy atom. The predicted octanol–water partition coefficient (Wildman–Crippen LogP) is 1.86. The van der Waals surface area contributed by atoms with Crippen molar-refractivity contribution >= 4 is 23.7 Å². The Morgan fingerprint density at radius 2 is 2.11 bits per heavy atom. The van der Waals surface area contributed by atoms with E-state index in [1.807, 2.05) is 0 Å². The van der Waals surface area contributed by atoms with Gasteiger partial charge in [0.2, 0.25) is 5.91 Å². The number of carbonyl (C=O) groups is 2. The van der Waals surface area contributed by atoms with Gasteiger partial charge in [0.05, 0.1) is 5.25 Å². The third-order valence-corrected chi connectivity index (χ3v) is 3.70. The zero-order valence-electron chi connectivity index (χ0n) is 9.85. The van der Waals surface area contributed by atoms with E-state index in [-0.39, 0.29) is 23.0 Å². The van der Waals surface area contributed by atoms with Crippen molar-refractivity contribution in [1.82, 2.24) is 10.2 Å². The predicted molar refractivity (Wildman–Crippen MR) is 66.8 cm³/mol. The summed E-state index contributed by atoms with van der Waals surface area (Å²) in [6.07, 6.45) is 0. The number of nitrogens with one attached hydrogen (secondary N) is 1. The van der Waals surface area contributed by atoms with Crippen molar-refractivity contribution in [3.05, 3.63) is 30.1 Å². The first-order chi connectivity index (χ1) is 8.58. The number of carbonyl (C=O) groups excluding carboxylic acids is 2. The third kappa shape index (κ3) is 2.81. The minimum absolute atomic E-state index is 0.223. The molecule has 1 aromatic rings. The lowest BCUT2D eigenvalue weighted by Crippen LogP contribution is -2.38. The first kappa shape index (κ1) is 12.9. The summed E-state index contributed by atoms with van der Waals surface area (Å²) >= 11 is 1.31. The molecule has 1 aromatic carbocycles. The summed E-state index contributed by atoms with van der Waals surface area (Å²) in [6.45, 7) is 2.65. The average Bonchev–Trinajstić information content (AvgIpc) is 2.77. The van der Waals surface area contributed by atoms with Gasteiger partial charge in [-0.1, -0.05) is 0 Å². The van der Waals surface area contributed by atoms with E-state index >= 15 is 0 Å². The minimum Gasteiger partial charge on any atom is -0.336 e. The Morgan fingerprint density at radius 1 is 1.44 bits per heavy atom. The molecule has 0 spiro atoms. The smallest absolute Gasteiger partial charge is 0.324 e. The Hall–Kier alpha value is -1.56. The van der Waals surface area contributed by atoms with Gasteiger partial charge in [-0.3, -0.25) is 9.69 Å². The summed E-state index contributed by atoms with van der Waals surface area (Å²) in [6, 6.07) is 5.60. The number of hydrogen-bond acceptors (Lipinski definition) is 3. The van der Waals surface area contributed by atoms with E-state index in [0.717, 1.165) is 4.90 Å². The van der Waals surface area contributed by atoms with E-state index in [9.17, 15) is 14.0 Å². The van der Waals surface area contributed by atoms with Crippen LogP contribution in [0, 0.1) is 5.82 Å². The molecule has 0 aromatic heterocycles. The molecule has 4 nitrogen and oxygen atoms in total.